The number of unbranched alkanes of at least 4 members (excludes halogenated alkanes) is 4. The Morgan fingerprint density at radius 2 is 1.52 bits per heavy atom. The summed E-state index contributed by atoms with van der Waals surface area (Å²) in [4.78, 5) is 52.1. The molecule has 234 valence electrons. The Labute approximate surface area is 249 Å². The van der Waals surface area contributed by atoms with Gasteiger partial charge in [0.15, 0.2) is 0 Å². The van der Waals surface area contributed by atoms with Gasteiger partial charge in [-0.15, -0.1) is 0 Å². The minimum absolute atomic E-state index is 0.118. The van der Waals surface area contributed by atoms with Gasteiger partial charge in [0.25, 0.3) is 0 Å². The van der Waals surface area contributed by atoms with Crippen LogP contribution in [0.3, 0.4) is 0 Å². The van der Waals surface area contributed by atoms with Crippen LogP contribution in [0.2, 0.25) is 0 Å². The number of carbonyl (C=O) groups is 3. The Balaban J connectivity index is 1.72. The molecular formula is C33H49NO8. The van der Waals surface area contributed by atoms with Gasteiger partial charge < -0.3 is 23.5 Å². The summed E-state index contributed by atoms with van der Waals surface area (Å²) in [5.41, 5.74) is -0.198. The van der Waals surface area contributed by atoms with Gasteiger partial charge in [0.1, 0.15) is 11.1 Å². The number of carbonyl (C=O) groups excluding carboxylic acids is 3. The SMILES string of the molecule is CCCCOC(=O)C(C)CC(C)(CC)C(=O)OCCCCCCOC(=O)c1cc2ccc(N(CC)CC)cc2oc1=O. The molecule has 2 rings (SSSR count). The van der Waals surface area contributed by atoms with Crippen LogP contribution in [0.15, 0.2) is 33.5 Å². The molecule has 0 fully saturated rings. The fourth-order valence-corrected chi connectivity index (χ4v) is 4.76. The normalized spacial score (nSPS) is 13.3. The lowest BCUT2D eigenvalue weighted by Gasteiger charge is -2.28. The van der Waals surface area contributed by atoms with Crippen LogP contribution in [0.1, 0.15) is 103 Å². The summed E-state index contributed by atoms with van der Waals surface area (Å²) in [5.74, 6) is -1.66. The van der Waals surface area contributed by atoms with Crippen molar-refractivity contribution >= 4 is 34.6 Å². The van der Waals surface area contributed by atoms with E-state index in [1.54, 1.807) is 6.92 Å². The summed E-state index contributed by atoms with van der Waals surface area (Å²) in [6.45, 7) is 14.2. The van der Waals surface area contributed by atoms with E-state index in [9.17, 15) is 19.2 Å². The maximum absolute atomic E-state index is 12.8. The second-order valence-corrected chi connectivity index (χ2v) is 11.1. The highest BCUT2D eigenvalue weighted by Gasteiger charge is 2.36. The number of nitrogens with zero attached hydrogens (tertiary/aromatic N) is 1. The van der Waals surface area contributed by atoms with E-state index in [0.717, 1.165) is 44.5 Å². The molecule has 2 aromatic rings. The Morgan fingerprint density at radius 3 is 2.14 bits per heavy atom. The first kappa shape index (κ1) is 34.8. The summed E-state index contributed by atoms with van der Waals surface area (Å²) in [6, 6.07) is 7.10. The van der Waals surface area contributed by atoms with E-state index in [-0.39, 0.29) is 36.6 Å². The number of anilines is 1. The predicted molar refractivity (Wildman–Crippen MR) is 164 cm³/mol. The average molecular weight is 588 g/mol. The molecule has 0 bridgehead atoms. The molecule has 1 aromatic heterocycles. The molecule has 42 heavy (non-hydrogen) atoms. The molecule has 9 nitrogen and oxygen atoms in total. The summed E-state index contributed by atoms with van der Waals surface area (Å²) in [7, 11) is 0. The van der Waals surface area contributed by atoms with Crippen molar-refractivity contribution in [2.75, 3.05) is 37.8 Å². The standard InChI is InChI=1S/C33H49NO8/c1-7-11-18-39-29(35)24(5)23-33(6,8-2)32(38)41-20-15-13-12-14-19-40-30(36)27-21-25-16-17-26(34(9-3)10-4)22-28(25)42-31(27)37/h16-17,21-22,24H,7-15,18-20,23H2,1-6H3. The Hall–Kier alpha value is -3.36. The molecular weight excluding hydrogens is 538 g/mol. The van der Waals surface area contributed by atoms with Crippen molar-refractivity contribution < 1.29 is 33.0 Å². The minimum atomic E-state index is -0.749. The molecule has 9 heteroatoms. The van der Waals surface area contributed by atoms with E-state index in [1.165, 1.54) is 6.07 Å². The average Bonchev–Trinajstić information content (AvgIpc) is 2.98. The van der Waals surface area contributed by atoms with Gasteiger partial charge in [-0.2, -0.15) is 0 Å². The minimum Gasteiger partial charge on any atom is -0.465 e. The van der Waals surface area contributed by atoms with Gasteiger partial charge in [-0.05, 0) is 83.9 Å². The lowest BCUT2D eigenvalue weighted by Crippen LogP contribution is -2.33. The highest BCUT2D eigenvalue weighted by Crippen LogP contribution is 2.32. The third kappa shape index (κ3) is 10.2. The molecule has 0 radical (unpaired) electrons. The van der Waals surface area contributed by atoms with Gasteiger partial charge in [-0.3, -0.25) is 9.59 Å². The summed E-state index contributed by atoms with van der Waals surface area (Å²) in [6.07, 6.45) is 5.59. The van der Waals surface area contributed by atoms with Gasteiger partial charge in [-0.25, -0.2) is 9.59 Å². The zero-order valence-electron chi connectivity index (χ0n) is 26.3. The third-order valence-electron chi connectivity index (χ3n) is 7.75. The van der Waals surface area contributed by atoms with Gasteiger partial charge >= 0.3 is 23.5 Å². The zero-order valence-corrected chi connectivity index (χ0v) is 26.3. The number of rotatable bonds is 19. The van der Waals surface area contributed by atoms with Crippen molar-refractivity contribution in [1.29, 1.82) is 0 Å². The van der Waals surface area contributed by atoms with Crippen LogP contribution in [-0.2, 0) is 23.8 Å². The molecule has 0 aliphatic rings. The molecule has 0 N–H and O–H groups in total. The van der Waals surface area contributed by atoms with Crippen LogP contribution in [0.4, 0.5) is 5.69 Å². The molecule has 0 amide bonds. The smallest absolute Gasteiger partial charge is 0.351 e. The topological polar surface area (TPSA) is 112 Å². The Kier molecular flexibility index (Phi) is 14.6. The molecule has 2 atom stereocenters. The Morgan fingerprint density at radius 1 is 0.881 bits per heavy atom. The van der Waals surface area contributed by atoms with Crippen LogP contribution in [-0.4, -0.2) is 50.8 Å². The number of hydrogen-bond acceptors (Lipinski definition) is 9. The molecule has 1 aromatic carbocycles. The molecule has 0 aliphatic heterocycles. The monoisotopic (exact) mass is 587 g/mol. The second kappa shape index (κ2) is 17.6. The van der Waals surface area contributed by atoms with Crippen LogP contribution >= 0.6 is 0 Å². The molecule has 0 saturated carbocycles. The fraction of sp³-hybridized carbons (Fsp3) is 0.636. The number of esters is 3. The largest absolute Gasteiger partial charge is 0.465 e. The van der Waals surface area contributed by atoms with E-state index in [4.69, 9.17) is 18.6 Å². The summed E-state index contributed by atoms with van der Waals surface area (Å²) >= 11 is 0. The third-order valence-corrected chi connectivity index (χ3v) is 7.75. The van der Waals surface area contributed by atoms with Crippen LogP contribution < -0.4 is 10.5 Å². The van der Waals surface area contributed by atoms with Crippen LogP contribution in [0.5, 0.6) is 0 Å². The lowest BCUT2D eigenvalue weighted by molar-refractivity contribution is -0.158. The highest BCUT2D eigenvalue weighted by atomic mass is 16.5. The maximum atomic E-state index is 12.8. The van der Waals surface area contributed by atoms with Gasteiger partial charge in [-0.1, -0.05) is 27.2 Å². The molecule has 1 heterocycles. The zero-order chi connectivity index (χ0) is 31.1. The quantitative estimate of drug-likeness (QED) is 0.0768. The van der Waals surface area contributed by atoms with Crippen molar-refractivity contribution in [2.45, 2.75) is 92.9 Å². The van der Waals surface area contributed by atoms with Crippen molar-refractivity contribution in [2.24, 2.45) is 11.3 Å². The fourth-order valence-electron chi connectivity index (χ4n) is 4.76. The first-order valence-corrected chi connectivity index (χ1v) is 15.4. The van der Waals surface area contributed by atoms with E-state index in [2.05, 4.69) is 18.7 Å². The van der Waals surface area contributed by atoms with Crippen molar-refractivity contribution in [3.05, 3.63) is 40.2 Å². The van der Waals surface area contributed by atoms with E-state index >= 15 is 0 Å². The predicted octanol–water partition coefficient (Wildman–Crippen LogP) is 6.69. The molecule has 0 saturated heterocycles. The van der Waals surface area contributed by atoms with Crippen molar-refractivity contribution in [1.82, 2.24) is 0 Å². The number of benzene rings is 1. The van der Waals surface area contributed by atoms with Gasteiger partial charge in [0, 0.05) is 30.2 Å². The number of hydrogen-bond donors (Lipinski definition) is 0. The Bertz CT molecular complexity index is 1220. The van der Waals surface area contributed by atoms with Crippen LogP contribution in [0.25, 0.3) is 11.0 Å². The lowest BCUT2D eigenvalue weighted by atomic mass is 9.79. The maximum Gasteiger partial charge on any atom is 0.351 e. The van der Waals surface area contributed by atoms with Crippen LogP contribution in [0, 0.1) is 11.3 Å². The molecule has 0 aliphatic carbocycles. The molecule has 2 unspecified atom stereocenters. The number of ether oxygens (including phenoxy) is 3. The highest BCUT2D eigenvalue weighted by molar-refractivity contribution is 5.93. The van der Waals surface area contributed by atoms with Crippen molar-refractivity contribution in [3.8, 4) is 0 Å². The van der Waals surface area contributed by atoms with E-state index in [0.29, 0.717) is 43.3 Å². The van der Waals surface area contributed by atoms with E-state index < -0.39 is 17.0 Å². The molecule has 0 spiro atoms. The van der Waals surface area contributed by atoms with Crippen molar-refractivity contribution in [3.63, 3.8) is 0 Å². The van der Waals surface area contributed by atoms with Gasteiger partial charge in [0.2, 0.25) is 0 Å². The summed E-state index contributed by atoms with van der Waals surface area (Å²) < 4.78 is 21.6. The number of fused-ring (bicyclic) bond motifs is 1. The van der Waals surface area contributed by atoms with E-state index in [1.807, 2.05) is 39.0 Å². The van der Waals surface area contributed by atoms with Gasteiger partial charge in [0.05, 0.1) is 31.2 Å². The summed E-state index contributed by atoms with van der Waals surface area (Å²) in [5, 5.41) is 0.660. The first-order chi connectivity index (χ1) is 20.1. The second-order valence-electron chi connectivity index (χ2n) is 11.1. The first-order valence-electron chi connectivity index (χ1n) is 15.4.